The number of nitrogens with zero attached hydrogens (tertiary/aromatic N) is 1. The molecule has 1 heterocycles. The molecule has 0 fully saturated rings. The zero-order valence-electron chi connectivity index (χ0n) is 15.1. The largest absolute Gasteiger partial charge is 0.454 e. The van der Waals surface area contributed by atoms with Crippen LogP contribution in [0, 0.1) is 13.8 Å². The van der Waals surface area contributed by atoms with Crippen LogP contribution in [0.3, 0.4) is 0 Å². The number of ketones is 1. The molecule has 144 valence electrons. The molecule has 0 aliphatic rings. The summed E-state index contributed by atoms with van der Waals surface area (Å²) in [6.45, 7) is 3.42. The van der Waals surface area contributed by atoms with Gasteiger partial charge >= 0.3 is 5.97 Å². The molecule has 0 unspecified atom stereocenters. The maximum atomic E-state index is 12.6. The molecule has 0 bridgehead atoms. The summed E-state index contributed by atoms with van der Waals surface area (Å²) >= 11 is 15.2. The van der Waals surface area contributed by atoms with Crippen molar-refractivity contribution in [2.45, 2.75) is 13.8 Å². The Morgan fingerprint density at radius 2 is 1.61 bits per heavy atom. The second kappa shape index (κ2) is 8.52. The van der Waals surface area contributed by atoms with Crippen LogP contribution >= 0.6 is 39.1 Å². The summed E-state index contributed by atoms with van der Waals surface area (Å²) in [5.74, 6) is -0.933. The van der Waals surface area contributed by atoms with Crippen LogP contribution in [0.5, 0.6) is 0 Å². The summed E-state index contributed by atoms with van der Waals surface area (Å²) in [6, 6.07) is 14.0. The van der Waals surface area contributed by atoms with Gasteiger partial charge in [0.1, 0.15) is 0 Å². The van der Waals surface area contributed by atoms with Crippen LogP contribution < -0.4 is 0 Å². The van der Waals surface area contributed by atoms with E-state index in [1.165, 1.54) is 18.2 Å². The first kappa shape index (κ1) is 20.6. The summed E-state index contributed by atoms with van der Waals surface area (Å²) in [4.78, 5) is 24.8. The fourth-order valence-electron chi connectivity index (χ4n) is 3.00. The molecule has 0 amide bonds. The number of hydrogen-bond acceptors (Lipinski definition) is 3. The number of halogens is 3. The molecule has 0 saturated heterocycles. The lowest BCUT2D eigenvalue weighted by Crippen LogP contribution is -2.15. The van der Waals surface area contributed by atoms with E-state index in [1.54, 1.807) is 6.07 Å². The number of aromatic nitrogens is 1. The van der Waals surface area contributed by atoms with Crippen LogP contribution in [0.25, 0.3) is 5.69 Å². The standard InChI is InChI=1S/C21H16BrCl2NO3/c1-12-7-19(13(2)25(12)18-5-3-15(22)4-6-18)20(26)11-28-21(27)14-8-16(23)10-17(24)9-14/h3-10H,11H2,1-2H3. The van der Waals surface area contributed by atoms with E-state index >= 15 is 0 Å². The van der Waals surface area contributed by atoms with Gasteiger partial charge in [-0.25, -0.2) is 4.79 Å². The summed E-state index contributed by atoms with van der Waals surface area (Å²) in [7, 11) is 0. The Balaban J connectivity index is 1.77. The Labute approximate surface area is 181 Å². The van der Waals surface area contributed by atoms with Gasteiger partial charge in [0.15, 0.2) is 6.61 Å². The van der Waals surface area contributed by atoms with Crippen molar-refractivity contribution in [3.8, 4) is 5.69 Å². The SMILES string of the molecule is Cc1cc(C(=O)COC(=O)c2cc(Cl)cc(Cl)c2)c(C)n1-c1ccc(Br)cc1. The number of rotatable bonds is 5. The zero-order chi connectivity index (χ0) is 20.4. The van der Waals surface area contributed by atoms with Gasteiger partial charge in [-0.05, 0) is 62.4 Å². The van der Waals surface area contributed by atoms with Gasteiger partial charge in [-0.2, -0.15) is 0 Å². The molecular weight excluding hydrogens is 465 g/mol. The molecule has 3 aromatic rings. The highest BCUT2D eigenvalue weighted by molar-refractivity contribution is 9.10. The third-order valence-electron chi connectivity index (χ3n) is 4.25. The van der Waals surface area contributed by atoms with Crippen molar-refractivity contribution in [2.75, 3.05) is 6.61 Å². The van der Waals surface area contributed by atoms with E-state index in [2.05, 4.69) is 15.9 Å². The summed E-state index contributed by atoms with van der Waals surface area (Å²) in [6.07, 6.45) is 0. The molecule has 2 aromatic carbocycles. The van der Waals surface area contributed by atoms with E-state index in [4.69, 9.17) is 27.9 Å². The first-order valence-electron chi connectivity index (χ1n) is 8.37. The van der Waals surface area contributed by atoms with Crippen molar-refractivity contribution in [3.63, 3.8) is 0 Å². The van der Waals surface area contributed by atoms with Crippen LogP contribution in [-0.2, 0) is 4.74 Å². The minimum Gasteiger partial charge on any atom is -0.454 e. The van der Waals surface area contributed by atoms with E-state index in [9.17, 15) is 9.59 Å². The third kappa shape index (κ3) is 4.49. The average molecular weight is 481 g/mol. The van der Waals surface area contributed by atoms with Crippen molar-refractivity contribution in [3.05, 3.63) is 85.6 Å². The van der Waals surface area contributed by atoms with Crippen molar-refractivity contribution < 1.29 is 14.3 Å². The molecule has 0 atom stereocenters. The van der Waals surface area contributed by atoms with E-state index in [-0.39, 0.29) is 18.0 Å². The average Bonchev–Trinajstić information content (AvgIpc) is 2.94. The number of benzene rings is 2. The molecule has 0 N–H and O–H groups in total. The smallest absolute Gasteiger partial charge is 0.338 e. The molecule has 0 radical (unpaired) electrons. The van der Waals surface area contributed by atoms with Crippen LogP contribution in [0.4, 0.5) is 0 Å². The van der Waals surface area contributed by atoms with Gasteiger partial charge in [-0.3, -0.25) is 4.79 Å². The Bertz CT molecular complexity index is 1040. The topological polar surface area (TPSA) is 48.3 Å². The number of carbonyl (C=O) groups is 2. The number of aryl methyl sites for hydroxylation is 1. The first-order valence-corrected chi connectivity index (χ1v) is 9.92. The quantitative estimate of drug-likeness (QED) is 0.322. The Hall–Kier alpha value is -2.08. The van der Waals surface area contributed by atoms with Crippen molar-refractivity contribution in [1.82, 2.24) is 4.57 Å². The molecule has 0 aliphatic carbocycles. The highest BCUT2D eigenvalue weighted by Gasteiger charge is 2.19. The molecular formula is C21H16BrCl2NO3. The van der Waals surface area contributed by atoms with Gasteiger partial charge < -0.3 is 9.30 Å². The number of ether oxygens (including phenoxy) is 1. The fourth-order valence-corrected chi connectivity index (χ4v) is 3.79. The maximum Gasteiger partial charge on any atom is 0.338 e. The van der Waals surface area contributed by atoms with Crippen LogP contribution in [-0.4, -0.2) is 22.9 Å². The number of hydrogen-bond donors (Lipinski definition) is 0. The molecule has 0 spiro atoms. The molecule has 1 aromatic heterocycles. The maximum absolute atomic E-state index is 12.6. The van der Waals surface area contributed by atoms with Crippen molar-refractivity contribution >= 4 is 50.9 Å². The van der Waals surface area contributed by atoms with Crippen LogP contribution in [0.1, 0.15) is 32.1 Å². The van der Waals surface area contributed by atoms with Gasteiger partial charge in [0.25, 0.3) is 0 Å². The molecule has 7 heteroatoms. The third-order valence-corrected chi connectivity index (χ3v) is 5.21. The van der Waals surface area contributed by atoms with E-state index in [1.807, 2.05) is 42.7 Å². The van der Waals surface area contributed by atoms with Gasteiger partial charge in [0, 0.05) is 37.2 Å². The lowest BCUT2D eigenvalue weighted by Gasteiger charge is -2.10. The summed E-state index contributed by atoms with van der Waals surface area (Å²) in [5.41, 5.74) is 3.36. The van der Waals surface area contributed by atoms with E-state index < -0.39 is 5.97 Å². The van der Waals surface area contributed by atoms with Crippen LogP contribution in [0.2, 0.25) is 10.0 Å². The van der Waals surface area contributed by atoms with Crippen LogP contribution in [0.15, 0.2) is 53.0 Å². The molecule has 4 nitrogen and oxygen atoms in total. The normalized spacial score (nSPS) is 10.8. The van der Waals surface area contributed by atoms with E-state index in [0.717, 1.165) is 21.5 Å². The van der Waals surface area contributed by atoms with Crippen molar-refractivity contribution in [2.24, 2.45) is 0 Å². The lowest BCUT2D eigenvalue weighted by molar-refractivity contribution is 0.0474. The fraction of sp³-hybridized carbons (Fsp3) is 0.143. The first-order chi connectivity index (χ1) is 13.3. The Morgan fingerprint density at radius 3 is 2.21 bits per heavy atom. The van der Waals surface area contributed by atoms with Crippen molar-refractivity contribution in [1.29, 1.82) is 0 Å². The zero-order valence-corrected chi connectivity index (χ0v) is 18.2. The van der Waals surface area contributed by atoms with Gasteiger partial charge in [-0.1, -0.05) is 39.1 Å². The Morgan fingerprint density at radius 1 is 1.00 bits per heavy atom. The van der Waals surface area contributed by atoms with E-state index in [0.29, 0.717) is 15.6 Å². The van der Waals surface area contributed by atoms with Gasteiger partial charge in [0.05, 0.1) is 5.56 Å². The number of carbonyl (C=O) groups excluding carboxylic acids is 2. The molecule has 28 heavy (non-hydrogen) atoms. The minimum atomic E-state index is -0.653. The predicted octanol–water partition coefficient (Wildman–Crippen LogP) is 6.20. The molecule has 0 aliphatic heterocycles. The predicted molar refractivity (Wildman–Crippen MR) is 114 cm³/mol. The summed E-state index contributed by atoms with van der Waals surface area (Å²) < 4.78 is 8.12. The minimum absolute atomic E-state index is 0.200. The van der Waals surface area contributed by atoms with Gasteiger partial charge in [-0.15, -0.1) is 0 Å². The summed E-state index contributed by atoms with van der Waals surface area (Å²) in [5, 5.41) is 0.646. The number of Topliss-reactive ketones (excluding diaryl/α,β-unsaturated/α-hetero) is 1. The second-order valence-electron chi connectivity index (χ2n) is 6.25. The molecule has 3 rings (SSSR count). The highest BCUT2D eigenvalue weighted by atomic mass is 79.9. The monoisotopic (exact) mass is 479 g/mol. The molecule has 0 saturated carbocycles. The lowest BCUT2D eigenvalue weighted by atomic mass is 10.1. The number of esters is 1. The van der Waals surface area contributed by atoms with Gasteiger partial charge in [0.2, 0.25) is 5.78 Å². The highest BCUT2D eigenvalue weighted by Crippen LogP contribution is 2.23. The second-order valence-corrected chi connectivity index (χ2v) is 8.04. The Kier molecular flexibility index (Phi) is 6.28.